The van der Waals surface area contributed by atoms with Gasteiger partial charge in [-0.3, -0.25) is 4.99 Å². The molecule has 2 heterocycles. The molecule has 1 atom stereocenters. The molecule has 0 saturated carbocycles. The Morgan fingerprint density at radius 3 is 2.70 bits per heavy atom. The van der Waals surface area contributed by atoms with Crippen molar-refractivity contribution in [1.29, 1.82) is 0 Å². The van der Waals surface area contributed by atoms with Crippen molar-refractivity contribution in [2.75, 3.05) is 39.3 Å². The van der Waals surface area contributed by atoms with Crippen LogP contribution in [0.5, 0.6) is 0 Å². The average Bonchev–Trinajstić information content (AvgIpc) is 3.09. The molecule has 168 valence electrons. The third-order valence-corrected chi connectivity index (χ3v) is 4.97. The third-order valence-electron chi connectivity index (χ3n) is 4.97. The smallest absolute Gasteiger partial charge is 0.410 e. The van der Waals surface area contributed by atoms with Crippen molar-refractivity contribution in [3.05, 3.63) is 35.9 Å². The fourth-order valence-corrected chi connectivity index (χ4v) is 3.52. The quantitative estimate of drug-likeness (QED) is 0.432. The largest absolute Gasteiger partial charge is 0.444 e. The molecular formula is C22H35IN4O3. The molecular weight excluding hydrogens is 495 g/mol. The van der Waals surface area contributed by atoms with Crippen LogP contribution >= 0.6 is 24.0 Å². The number of fused-ring (bicyclic) bond motifs is 1. The Morgan fingerprint density at radius 1 is 1.20 bits per heavy atom. The van der Waals surface area contributed by atoms with Crippen LogP contribution in [-0.4, -0.2) is 72.8 Å². The van der Waals surface area contributed by atoms with Crippen molar-refractivity contribution in [2.45, 2.75) is 51.9 Å². The molecule has 1 aromatic carbocycles. The van der Waals surface area contributed by atoms with E-state index in [9.17, 15) is 4.79 Å². The molecule has 1 fully saturated rings. The van der Waals surface area contributed by atoms with E-state index in [1.54, 1.807) is 4.90 Å². The lowest BCUT2D eigenvalue weighted by molar-refractivity contribution is 0.0137. The number of nitrogens with one attached hydrogen (secondary N) is 1. The Labute approximate surface area is 197 Å². The molecule has 0 spiro atoms. The summed E-state index contributed by atoms with van der Waals surface area (Å²) in [7, 11) is 0. The summed E-state index contributed by atoms with van der Waals surface area (Å²) in [6, 6.07) is 10.5. The molecule has 1 unspecified atom stereocenters. The van der Waals surface area contributed by atoms with Crippen molar-refractivity contribution in [3.63, 3.8) is 0 Å². The lowest BCUT2D eigenvalue weighted by Gasteiger charge is -2.39. The van der Waals surface area contributed by atoms with Crippen LogP contribution < -0.4 is 5.32 Å². The first-order valence-corrected chi connectivity index (χ1v) is 10.6. The topological polar surface area (TPSA) is 66.4 Å². The number of hydrogen-bond acceptors (Lipinski definition) is 6. The lowest BCUT2D eigenvalue weighted by Crippen LogP contribution is -2.57. The van der Waals surface area contributed by atoms with E-state index >= 15 is 0 Å². The van der Waals surface area contributed by atoms with Crippen LogP contribution in [0.2, 0.25) is 0 Å². The van der Waals surface area contributed by atoms with E-state index in [-0.39, 0.29) is 36.1 Å². The Balaban J connectivity index is 0.00000320. The number of nitrogens with zero attached hydrogens (tertiary/aromatic N) is 3. The molecule has 2 aliphatic heterocycles. The SMILES string of the molecule is CC(C)(C)OC(=O)N1CCN2C(NCCCCOCc3ccccc3)=NCC2C1.I. The van der Waals surface area contributed by atoms with Crippen LogP contribution in [0.1, 0.15) is 39.2 Å². The predicted octanol–water partition coefficient (Wildman–Crippen LogP) is 3.48. The number of ether oxygens (including phenoxy) is 2. The maximum atomic E-state index is 12.3. The molecule has 1 aromatic rings. The summed E-state index contributed by atoms with van der Waals surface area (Å²) in [4.78, 5) is 21.0. The molecule has 30 heavy (non-hydrogen) atoms. The molecule has 7 nitrogen and oxygen atoms in total. The van der Waals surface area contributed by atoms with Gasteiger partial charge in [0.2, 0.25) is 0 Å². The summed E-state index contributed by atoms with van der Waals surface area (Å²) in [6.45, 7) is 10.9. The number of amides is 1. The summed E-state index contributed by atoms with van der Waals surface area (Å²) in [5.41, 5.74) is 0.750. The van der Waals surface area contributed by atoms with Crippen molar-refractivity contribution < 1.29 is 14.3 Å². The number of hydrogen-bond donors (Lipinski definition) is 1. The molecule has 1 N–H and O–H groups in total. The third kappa shape index (κ3) is 7.61. The summed E-state index contributed by atoms with van der Waals surface area (Å²) in [5, 5.41) is 3.46. The fraction of sp³-hybridized carbons (Fsp3) is 0.636. The minimum Gasteiger partial charge on any atom is -0.444 e. The summed E-state index contributed by atoms with van der Waals surface area (Å²) < 4.78 is 11.2. The van der Waals surface area contributed by atoms with Crippen molar-refractivity contribution in [2.24, 2.45) is 4.99 Å². The molecule has 2 aliphatic rings. The van der Waals surface area contributed by atoms with Crippen molar-refractivity contribution in [3.8, 4) is 0 Å². The molecule has 0 radical (unpaired) electrons. The lowest BCUT2D eigenvalue weighted by atomic mass is 10.2. The van der Waals surface area contributed by atoms with E-state index in [1.165, 1.54) is 5.56 Å². The van der Waals surface area contributed by atoms with Gasteiger partial charge < -0.3 is 24.6 Å². The Morgan fingerprint density at radius 2 is 1.97 bits per heavy atom. The average molecular weight is 530 g/mol. The minimum atomic E-state index is -0.460. The standard InChI is InChI=1S/C22H34N4O3.HI/c1-22(2,3)29-21(27)25-12-13-26-19(16-25)15-24-20(26)23-11-7-8-14-28-17-18-9-5-4-6-10-18;/h4-6,9-10,19H,7-8,11-17H2,1-3H3,(H,23,24);1H. The predicted molar refractivity (Wildman–Crippen MR) is 129 cm³/mol. The maximum absolute atomic E-state index is 12.3. The molecule has 3 rings (SSSR count). The number of carbonyl (C=O) groups excluding carboxylic acids is 1. The second kappa shape index (κ2) is 11.7. The number of guanidine groups is 1. The Bertz CT molecular complexity index is 693. The molecule has 0 aromatic heterocycles. The van der Waals surface area contributed by atoms with Gasteiger partial charge in [0, 0.05) is 32.8 Å². The van der Waals surface area contributed by atoms with Crippen LogP contribution in [0.15, 0.2) is 35.3 Å². The highest BCUT2D eigenvalue weighted by Crippen LogP contribution is 2.18. The monoisotopic (exact) mass is 530 g/mol. The highest BCUT2D eigenvalue weighted by atomic mass is 127. The van der Waals surface area contributed by atoms with Gasteiger partial charge in [-0.15, -0.1) is 24.0 Å². The highest BCUT2D eigenvalue weighted by molar-refractivity contribution is 14.0. The molecule has 0 bridgehead atoms. The number of benzene rings is 1. The van der Waals surface area contributed by atoms with Crippen LogP contribution in [0.25, 0.3) is 0 Å². The maximum Gasteiger partial charge on any atom is 0.410 e. The number of unbranched alkanes of at least 4 members (excludes halogenated alkanes) is 1. The molecule has 0 aliphatic carbocycles. The molecule has 8 heteroatoms. The van der Waals surface area contributed by atoms with Crippen molar-refractivity contribution in [1.82, 2.24) is 15.1 Å². The van der Waals surface area contributed by atoms with Gasteiger partial charge in [0.05, 0.1) is 19.2 Å². The van der Waals surface area contributed by atoms with Gasteiger partial charge in [-0.05, 0) is 39.2 Å². The van der Waals surface area contributed by atoms with E-state index < -0.39 is 5.60 Å². The van der Waals surface area contributed by atoms with Gasteiger partial charge in [-0.25, -0.2) is 4.79 Å². The second-order valence-corrected chi connectivity index (χ2v) is 8.61. The normalized spacial score (nSPS) is 18.4. The van der Waals surface area contributed by atoms with Crippen LogP contribution in [0, 0.1) is 0 Å². The highest BCUT2D eigenvalue weighted by Gasteiger charge is 2.36. The van der Waals surface area contributed by atoms with Gasteiger partial charge in [0.15, 0.2) is 5.96 Å². The number of carbonyl (C=O) groups is 1. The zero-order valence-corrected chi connectivity index (χ0v) is 20.6. The van der Waals surface area contributed by atoms with Crippen molar-refractivity contribution >= 4 is 36.0 Å². The summed E-state index contributed by atoms with van der Waals surface area (Å²) in [6.07, 6.45) is 1.83. The van der Waals surface area contributed by atoms with E-state index in [0.717, 1.165) is 45.0 Å². The number of halogens is 1. The zero-order chi connectivity index (χ0) is 20.7. The Hall–Kier alpha value is -1.55. The summed E-state index contributed by atoms with van der Waals surface area (Å²) in [5.74, 6) is 0.962. The number of rotatable bonds is 7. The molecule has 1 saturated heterocycles. The van der Waals surface area contributed by atoms with Crippen LogP contribution in [0.3, 0.4) is 0 Å². The second-order valence-electron chi connectivity index (χ2n) is 8.61. The van der Waals surface area contributed by atoms with Gasteiger partial charge in [-0.2, -0.15) is 0 Å². The van der Waals surface area contributed by atoms with E-state index in [0.29, 0.717) is 19.7 Å². The number of piperazine rings is 1. The molecule has 1 amide bonds. The van der Waals surface area contributed by atoms with Gasteiger partial charge in [0.1, 0.15) is 5.60 Å². The van der Waals surface area contributed by atoms with Crippen LogP contribution in [-0.2, 0) is 16.1 Å². The minimum absolute atomic E-state index is 0. The van der Waals surface area contributed by atoms with Gasteiger partial charge >= 0.3 is 6.09 Å². The van der Waals surface area contributed by atoms with Gasteiger partial charge in [0.25, 0.3) is 0 Å². The summed E-state index contributed by atoms with van der Waals surface area (Å²) >= 11 is 0. The zero-order valence-electron chi connectivity index (χ0n) is 18.3. The number of aliphatic imine (C=N–C) groups is 1. The first kappa shape index (κ1) is 24.7. The fourth-order valence-electron chi connectivity index (χ4n) is 3.52. The van der Waals surface area contributed by atoms with Crippen LogP contribution in [0.4, 0.5) is 4.79 Å². The first-order valence-electron chi connectivity index (χ1n) is 10.6. The first-order chi connectivity index (χ1) is 13.9. The van der Waals surface area contributed by atoms with E-state index in [2.05, 4.69) is 27.3 Å². The van der Waals surface area contributed by atoms with E-state index in [1.807, 2.05) is 39.0 Å². The Kier molecular flexibility index (Phi) is 9.67. The van der Waals surface area contributed by atoms with E-state index in [4.69, 9.17) is 9.47 Å². The van der Waals surface area contributed by atoms with Gasteiger partial charge in [-0.1, -0.05) is 30.3 Å².